The van der Waals surface area contributed by atoms with E-state index in [1.54, 1.807) is 12.3 Å². The van der Waals surface area contributed by atoms with Crippen molar-refractivity contribution in [3.8, 4) is 23.3 Å². The zero-order chi connectivity index (χ0) is 14.1. The van der Waals surface area contributed by atoms with Gasteiger partial charge < -0.3 is 8.98 Å². The summed E-state index contributed by atoms with van der Waals surface area (Å²) in [6.07, 6.45) is -0.465. The van der Waals surface area contributed by atoms with Crippen LogP contribution in [0.1, 0.15) is 18.7 Å². The van der Waals surface area contributed by atoms with Crippen LogP contribution in [-0.2, 0) is 6.54 Å². The third kappa shape index (κ3) is 2.32. The standard InChI is InChI=1S/C13H9F2N3O2/c14-11(15)13-17-16-12(20-13)9-4-5-18(10(19)6-9)7-8-2-1-3-8/h4-6,8,11H,2,7H2. The summed E-state index contributed by atoms with van der Waals surface area (Å²) in [5, 5.41) is 6.72. The van der Waals surface area contributed by atoms with Crippen LogP contribution in [0.4, 0.5) is 8.78 Å². The summed E-state index contributed by atoms with van der Waals surface area (Å²) in [4.78, 5) is 11.9. The zero-order valence-electron chi connectivity index (χ0n) is 10.2. The molecule has 0 aliphatic heterocycles. The lowest BCUT2D eigenvalue weighted by molar-refractivity contribution is 0.116. The Morgan fingerprint density at radius 2 is 2.30 bits per heavy atom. The first-order valence-corrected chi connectivity index (χ1v) is 5.94. The Labute approximate surface area is 112 Å². The molecule has 0 bridgehead atoms. The van der Waals surface area contributed by atoms with Gasteiger partial charge >= 0.3 is 6.43 Å². The highest BCUT2D eigenvalue weighted by Gasteiger charge is 2.18. The highest BCUT2D eigenvalue weighted by atomic mass is 19.3. The molecule has 2 heterocycles. The molecule has 1 unspecified atom stereocenters. The zero-order valence-corrected chi connectivity index (χ0v) is 10.2. The molecule has 7 heteroatoms. The van der Waals surface area contributed by atoms with Crippen LogP contribution in [0.5, 0.6) is 0 Å². The van der Waals surface area contributed by atoms with Gasteiger partial charge in [-0.25, -0.2) is 0 Å². The van der Waals surface area contributed by atoms with Crippen LogP contribution in [0.15, 0.2) is 27.5 Å². The van der Waals surface area contributed by atoms with Crippen molar-refractivity contribution in [2.24, 2.45) is 5.92 Å². The average molecular weight is 277 g/mol. The van der Waals surface area contributed by atoms with Crippen molar-refractivity contribution in [1.82, 2.24) is 14.8 Å². The maximum Gasteiger partial charge on any atom is 0.314 e. The summed E-state index contributed by atoms with van der Waals surface area (Å²) < 4.78 is 31.0. The van der Waals surface area contributed by atoms with E-state index in [2.05, 4.69) is 22.0 Å². The minimum Gasteiger partial charge on any atom is -0.415 e. The van der Waals surface area contributed by atoms with Gasteiger partial charge in [-0.2, -0.15) is 8.78 Å². The maximum atomic E-state index is 12.4. The molecule has 2 aromatic heterocycles. The smallest absolute Gasteiger partial charge is 0.314 e. The number of nitrogens with zero attached hydrogens (tertiary/aromatic N) is 3. The second kappa shape index (κ2) is 4.89. The monoisotopic (exact) mass is 277 g/mol. The number of rotatable bonds is 4. The fraction of sp³-hybridized carbons (Fsp3) is 0.308. The average Bonchev–Trinajstić information content (AvgIpc) is 2.84. The number of aromatic nitrogens is 3. The molecule has 1 aliphatic rings. The largest absolute Gasteiger partial charge is 0.415 e. The van der Waals surface area contributed by atoms with Crippen LogP contribution in [0.25, 0.3) is 11.5 Å². The van der Waals surface area contributed by atoms with Crippen LogP contribution in [0.3, 0.4) is 0 Å². The Balaban J connectivity index is 1.85. The number of alkyl halides is 2. The molecule has 0 radical (unpaired) electrons. The van der Waals surface area contributed by atoms with Crippen LogP contribution in [0.2, 0.25) is 0 Å². The van der Waals surface area contributed by atoms with Gasteiger partial charge in [0.25, 0.3) is 11.4 Å². The van der Waals surface area contributed by atoms with Gasteiger partial charge in [0, 0.05) is 36.7 Å². The highest BCUT2D eigenvalue weighted by molar-refractivity contribution is 5.50. The van der Waals surface area contributed by atoms with E-state index in [1.165, 1.54) is 10.6 Å². The molecule has 0 saturated carbocycles. The first-order chi connectivity index (χ1) is 9.63. The summed E-state index contributed by atoms with van der Waals surface area (Å²) in [5.74, 6) is 5.19. The molecule has 0 fully saturated rings. The van der Waals surface area contributed by atoms with Crippen molar-refractivity contribution in [2.45, 2.75) is 19.4 Å². The molecule has 5 nitrogen and oxygen atoms in total. The van der Waals surface area contributed by atoms with Crippen LogP contribution >= 0.6 is 0 Å². The first-order valence-electron chi connectivity index (χ1n) is 5.94. The van der Waals surface area contributed by atoms with E-state index in [0.29, 0.717) is 12.1 Å². The summed E-state index contributed by atoms with van der Waals surface area (Å²) >= 11 is 0. The second-order valence-corrected chi connectivity index (χ2v) is 4.37. The van der Waals surface area contributed by atoms with E-state index < -0.39 is 12.3 Å². The predicted octanol–water partition coefficient (Wildman–Crippen LogP) is 1.86. The van der Waals surface area contributed by atoms with E-state index in [0.717, 1.165) is 6.42 Å². The molecular weight excluding hydrogens is 268 g/mol. The lowest BCUT2D eigenvalue weighted by Crippen LogP contribution is -2.24. The van der Waals surface area contributed by atoms with Crippen molar-refractivity contribution in [2.75, 3.05) is 0 Å². The molecule has 0 saturated heterocycles. The first kappa shape index (κ1) is 12.5. The van der Waals surface area contributed by atoms with Crippen molar-refractivity contribution in [1.29, 1.82) is 0 Å². The number of hydrogen-bond donors (Lipinski definition) is 0. The van der Waals surface area contributed by atoms with Gasteiger partial charge in [0.15, 0.2) is 0 Å². The number of hydrogen-bond acceptors (Lipinski definition) is 4. The van der Waals surface area contributed by atoms with E-state index >= 15 is 0 Å². The van der Waals surface area contributed by atoms with Gasteiger partial charge in [-0.3, -0.25) is 4.79 Å². The topological polar surface area (TPSA) is 60.9 Å². The van der Waals surface area contributed by atoms with E-state index in [1.807, 2.05) is 0 Å². The van der Waals surface area contributed by atoms with Crippen LogP contribution in [0, 0.1) is 17.8 Å². The van der Waals surface area contributed by atoms with Crippen LogP contribution in [-0.4, -0.2) is 14.8 Å². The SMILES string of the molecule is O=c1cc(-c2nnc(C(F)F)o2)ccn1CC1C#CC1. The Hall–Kier alpha value is -2.49. The second-order valence-electron chi connectivity index (χ2n) is 4.37. The molecule has 20 heavy (non-hydrogen) atoms. The van der Waals surface area contributed by atoms with E-state index in [9.17, 15) is 13.6 Å². The summed E-state index contributed by atoms with van der Waals surface area (Å²) in [5.41, 5.74) is 0.0679. The Kier molecular flexibility index (Phi) is 3.06. The van der Waals surface area contributed by atoms with Gasteiger partial charge in [0.05, 0.1) is 0 Å². The van der Waals surface area contributed by atoms with Crippen molar-refractivity contribution in [3.05, 3.63) is 34.6 Å². The Morgan fingerprint density at radius 1 is 1.50 bits per heavy atom. The highest BCUT2D eigenvalue weighted by Crippen LogP contribution is 2.22. The quantitative estimate of drug-likeness (QED) is 0.800. The fourth-order valence-electron chi connectivity index (χ4n) is 1.83. The molecule has 2 aromatic rings. The van der Waals surface area contributed by atoms with Gasteiger partial charge in [-0.05, 0) is 6.07 Å². The number of halogens is 2. The third-order valence-electron chi connectivity index (χ3n) is 2.94. The molecule has 0 amide bonds. The van der Waals surface area contributed by atoms with E-state index in [4.69, 9.17) is 4.42 Å². The van der Waals surface area contributed by atoms with Gasteiger partial charge in [0.1, 0.15) is 0 Å². The van der Waals surface area contributed by atoms with Crippen molar-refractivity contribution >= 4 is 0 Å². The molecule has 1 aliphatic carbocycles. The molecule has 3 rings (SSSR count). The Bertz CT molecular complexity index is 755. The van der Waals surface area contributed by atoms with E-state index in [-0.39, 0.29) is 17.4 Å². The fourth-order valence-corrected chi connectivity index (χ4v) is 1.83. The van der Waals surface area contributed by atoms with Gasteiger partial charge in [-0.1, -0.05) is 5.92 Å². The maximum absolute atomic E-state index is 12.4. The Morgan fingerprint density at radius 3 is 2.85 bits per heavy atom. The normalized spacial score (nSPS) is 16.6. The lowest BCUT2D eigenvalue weighted by atomic mass is 9.99. The van der Waals surface area contributed by atoms with Gasteiger partial charge in [-0.15, -0.1) is 16.1 Å². The molecule has 102 valence electrons. The van der Waals surface area contributed by atoms with Gasteiger partial charge in [0.2, 0.25) is 5.89 Å². The number of pyridine rings is 1. The molecule has 1 atom stereocenters. The van der Waals surface area contributed by atoms with Crippen molar-refractivity contribution < 1.29 is 13.2 Å². The minimum atomic E-state index is -2.83. The predicted molar refractivity (Wildman–Crippen MR) is 64.8 cm³/mol. The summed E-state index contributed by atoms with van der Waals surface area (Å²) in [7, 11) is 0. The van der Waals surface area contributed by atoms with Crippen molar-refractivity contribution in [3.63, 3.8) is 0 Å². The van der Waals surface area contributed by atoms with Crippen LogP contribution < -0.4 is 5.56 Å². The lowest BCUT2D eigenvalue weighted by Gasteiger charge is -2.14. The summed E-state index contributed by atoms with van der Waals surface area (Å²) in [6, 6.07) is 2.87. The third-order valence-corrected chi connectivity index (χ3v) is 2.94. The molecular formula is C13H9F2N3O2. The molecule has 0 N–H and O–H groups in total. The molecule has 0 spiro atoms. The summed E-state index contributed by atoms with van der Waals surface area (Å²) in [6.45, 7) is 0.526. The minimum absolute atomic E-state index is 0.0898. The molecule has 0 aromatic carbocycles.